The van der Waals surface area contributed by atoms with E-state index in [1.54, 1.807) is 18.9 Å². The largest absolute Gasteiger partial charge is 0.497 e. The molecule has 0 fully saturated rings. The standard InChI is InChI=1S/C24H23N3OS/c1-17-7-6-10-21(15-17)27-23(19-11-13-22(28-3)14-12-19)25-26-24(27)29-16-20-9-5-4-8-18(20)2/h4-15H,16H2,1-3H3. The van der Waals surface area contributed by atoms with Gasteiger partial charge in [-0.3, -0.25) is 4.57 Å². The molecule has 0 N–H and O–H groups in total. The van der Waals surface area contributed by atoms with E-state index in [4.69, 9.17) is 4.74 Å². The predicted molar refractivity (Wildman–Crippen MR) is 119 cm³/mol. The Labute approximate surface area is 175 Å². The smallest absolute Gasteiger partial charge is 0.196 e. The lowest BCUT2D eigenvalue weighted by Gasteiger charge is -2.12. The minimum atomic E-state index is 0.824. The van der Waals surface area contributed by atoms with Gasteiger partial charge < -0.3 is 4.74 Å². The molecule has 0 saturated heterocycles. The summed E-state index contributed by atoms with van der Waals surface area (Å²) in [4.78, 5) is 0. The minimum absolute atomic E-state index is 0.824. The van der Waals surface area contributed by atoms with Crippen molar-refractivity contribution in [2.24, 2.45) is 0 Å². The van der Waals surface area contributed by atoms with Crippen LogP contribution in [0.3, 0.4) is 0 Å². The normalized spacial score (nSPS) is 10.9. The van der Waals surface area contributed by atoms with Crippen LogP contribution in [0, 0.1) is 13.8 Å². The summed E-state index contributed by atoms with van der Waals surface area (Å²) in [5, 5.41) is 9.94. The quantitative estimate of drug-likeness (QED) is 0.380. The van der Waals surface area contributed by atoms with Crippen molar-refractivity contribution < 1.29 is 4.74 Å². The van der Waals surface area contributed by atoms with Crippen LogP contribution in [0.15, 0.2) is 78.0 Å². The summed E-state index contributed by atoms with van der Waals surface area (Å²) in [5.41, 5.74) is 5.86. The van der Waals surface area contributed by atoms with Crippen molar-refractivity contribution in [1.29, 1.82) is 0 Å². The molecule has 0 amide bonds. The van der Waals surface area contributed by atoms with Gasteiger partial charge in [0.15, 0.2) is 11.0 Å². The second-order valence-electron chi connectivity index (χ2n) is 6.92. The maximum absolute atomic E-state index is 5.29. The van der Waals surface area contributed by atoms with E-state index in [0.717, 1.165) is 33.7 Å². The van der Waals surface area contributed by atoms with Crippen LogP contribution in [0.1, 0.15) is 16.7 Å². The van der Waals surface area contributed by atoms with Gasteiger partial charge in [0.1, 0.15) is 5.75 Å². The Morgan fingerprint density at radius 2 is 1.69 bits per heavy atom. The minimum Gasteiger partial charge on any atom is -0.497 e. The first-order valence-corrected chi connectivity index (χ1v) is 10.5. The Morgan fingerprint density at radius 1 is 0.897 bits per heavy atom. The molecule has 4 aromatic rings. The van der Waals surface area contributed by atoms with Gasteiger partial charge in [0.05, 0.1) is 7.11 Å². The molecule has 146 valence electrons. The molecule has 0 aliphatic rings. The van der Waals surface area contributed by atoms with Gasteiger partial charge in [-0.2, -0.15) is 0 Å². The van der Waals surface area contributed by atoms with Crippen LogP contribution in [0.25, 0.3) is 17.1 Å². The first-order valence-electron chi connectivity index (χ1n) is 9.50. The van der Waals surface area contributed by atoms with Crippen LogP contribution >= 0.6 is 11.8 Å². The summed E-state index contributed by atoms with van der Waals surface area (Å²) < 4.78 is 7.43. The molecular weight excluding hydrogens is 378 g/mol. The molecule has 0 spiro atoms. The maximum atomic E-state index is 5.29. The summed E-state index contributed by atoms with van der Waals surface area (Å²) in [5.74, 6) is 2.49. The van der Waals surface area contributed by atoms with Gasteiger partial charge in [-0.15, -0.1) is 10.2 Å². The van der Waals surface area contributed by atoms with E-state index in [9.17, 15) is 0 Å². The van der Waals surface area contributed by atoms with Crippen LogP contribution in [0.4, 0.5) is 0 Å². The molecule has 4 rings (SSSR count). The molecule has 0 saturated carbocycles. The van der Waals surface area contributed by atoms with Crippen LogP contribution in [0.2, 0.25) is 0 Å². The molecular formula is C24H23N3OS. The first-order chi connectivity index (χ1) is 14.2. The zero-order valence-electron chi connectivity index (χ0n) is 16.8. The highest BCUT2D eigenvalue weighted by Crippen LogP contribution is 2.31. The summed E-state index contributed by atoms with van der Waals surface area (Å²) in [6, 6.07) is 24.8. The molecule has 1 heterocycles. The average Bonchev–Trinajstić information content (AvgIpc) is 3.17. The fraction of sp³-hybridized carbons (Fsp3) is 0.167. The molecule has 0 aliphatic carbocycles. The Bertz CT molecular complexity index is 1120. The third kappa shape index (κ3) is 4.20. The summed E-state index contributed by atoms with van der Waals surface area (Å²) in [6.45, 7) is 4.24. The molecule has 0 aliphatic heterocycles. The Morgan fingerprint density at radius 3 is 2.41 bits per heavy atom. The van der Waals surface area contributed by atoms with Gasteiger partial charge in [-0.1, -0.05) is 48.2 Å². The van der Waals surface area contributed by atoms with E-state index in [1.165, 1.54) is 16.7 Å². The van der Waals surface area contributed by atoms with Gasteiger partial charge in [0.2, 0.25) is 0 Å². The second kappa shape index (κ2) is 8.53. The number of hydrogen-bond donors (Lipinski definition) is 0. The number of nitrogens with zero attached hydrogens (tertiary/aromatic N) is 3. The van der Waals surface area contributed by atoms with E-state index >= 15 is 0 Å². The predicted octanol–water partition coefficient (Wildman–Crippen LogP) is 5.85. The lowest BCUT2D eigenvalue weighted by molar-refractivity contribution is 0.415. The number of aromatic nitrogens is 3. The van der Waals surface area contributed by atoms with Crippen molar-refractivity contribution in [2.45, 2.75) is 24.8 Å². The molecule has 4 nitrogen and oxygen atoms in total. The van der Waals surface area contributed by atoms with Crippen LogP contribution < -0.4 is 4.74 Å². The number of benzene rings is 3. The lowest BCUT2D eigenvalue weighted by atomic mass is 10.1. The first kappa shape index (κ1) is 19.3. The zero-order valence-corrected chi connectivity index (χ0v) is 17.6. The zero-order chi connectivity index (χ0) is 20.2. The van der Waals surface area contributed by atoms with Crippen LogP contribution in [-0.2, 0) is 5.75 Å². The average molecular weight is 402 g/mol. The van der Waals surface area contributed by atoms with Crippen molar-refractivity contribution in [3.05, 3.63) is 89.5 Å². The van der Waals surface area contributed by atoms with Crippen molar-refractivity contribution in [1.82, 2.24) is 14.8 Å². The fourth-order valence-electron chi connectivity index (χ4n) is 3.20. The molecule has 0 bridgehead atoms. The van der Waals surface area contributed by atoms with Crippen molar-refractivity contribution in [3.8, 4) is 22.8 Å². The van der Waals surface area contributed by atoms with E-state index in [0.29, 0.717) is 0 Å². The maximum Gasteiger partial charge on any atom is 0.196 e. The SMILES string of the molecule is COc1ccc(-c2nnc(SCc3ccccc3C)n2-c2cccc(C)c2)cc1. The van der Waals surface area contributed by atoms with Gasteiger partial charge >= 0.3 is 0 Å². The van der Waals surface area contributed by atoms with E-state index in [2.05, 4.69) is 77.1 Å². The van der Waals surface area contributed by atoms with Gasteiger partial charge in [0.25, 0.3) is 0 Å². The number of methoxy groups -OCH3 is 1. The molecule has 0 unspecified atom stereocenters. The molecule has 0 radical (unpaired) electrons. The molecule has 5 heteroatoms. The Kier molecular flexibility index (Phi) is 5.67. The highest BCUT2D eigenvalue weighted by atomic mass is 32.2. The Hall–Kier alpha value is -3.05. The number of rotatable bonds is 6. The van der Waals surface area contributed by atoms with Gasteiger partial charge in [-0.05, 0) is 66.9 Å². The third-order valence-corrected chi connectivity index (χ3v) is 5.84. The van der Waals surface area contributed by atoms with Crippen LogP contribution in [-0.4, -0.2) is 21.9 Å². The molecule has 29 heavy (non-hydrogen) atoms. The van der Waals surface area contributed by atoms with Gasteiger partial charge in [-0.25, -0.2) is 0 Å². The Balaban J connectivity index is 1.75. The molecule has 0 atom stereocenters. The van der Waals surface area contributed by atoms with Crippen molar-refractivity contribution in [2.75, 3.05) is 7.11 Å². The van der Waals surface area contributed by atoms with E-state index in [1.807, 2.05) is 24.3 Å². The van der Waals surface area contributed by atoms with Crippen LogP contribution in [0.5, 0.6) is 5.75 Å². The number of aryl methyl sites for hydroxylation is 2. The summed E-state index contributed by atoms with van der Waals surface area (Å²) in [6.07, 6.45) is 0. The monoisotopic (exact) mass is 401 g/mol. The summed E-state index contributed by atoms with van der Waals surface area (Å²) in [7, 11) is 1.67. The van der Waals surface area contributed by atoms with Crippen molar-refractivity contribution >= 4 is 11.8 Å². The van der Waals surface area contributed by atoms with Gasteiger partial charge in [0, 0.05) is 17.0 Å². The topological polar surface area (TPSA) is 39.9 Å². The number of ether oxygens (including phenoxy) is 1. The highest BCUT2D eigenvalue weighted by molar-refractivity contribution is 7.98. The highest BCUT2D eigenvalue weighted by Gasteiger charge is 2.17. The summed E-state index contributed by atoms with van der Waals surface area (Å²) >= 11 is 1.70. The number of hydrogen-bond acceptors (Lipinski definition) is 4. The lowest BCUT2D eigenvalue weighted by Crippen LogP contribution is -2.00. The second-order valence-corrected chi connectivity index (χ2v) is 7.87. The number of thioether (sulfide) groups is 1. The van der Waals surface area contributed by atoms with Crippen molar-refractivity contribution in [3.63, 3.8) is 0 Å². The van der Waals surface area contributed by atoms with E-state index in [-0.39, 0.29) is 0 Å². The van der Waals surface area contributed by atoms with E-state index < -0.39 is 0 Å². The molecule has 3 aromatic carbocycles. The third-order valence-electron chi connectivity index (χ3n) is 4.86. The molecule has 1 aromatic heterocycles. The fourth-order valence-corrected chi connectivity index (χ4v) is 4.23.